The van der Waals surface area contributed by atoms with Gasteiger partial charge in [-0.25, -0.2) is 9.18 Å². The first kappa shape index (κ1) is 16.9. The predicted octanol–water partition coefficient (Wildman–Crippen LogP) is 2.49. The summed E-state index contributed by atoms with van der Waals surface area (Å²) in [6.07, 6.45) is 4.36. The molecule has 7 heteroatoms. The molecule has 6 nitrogen and oxygen atoms in total. The van der Waals surface area contributed by atoms with Gasteiger partial charge in [0.25, 0.3) is 0 Å². The Kier molecular flexibility index (Phi) is 5.06. The number of H-pyrrole nitrogens is 1. The monoisotopic (exact) mass is 329 g/mol. The van der Waals surface area contributed by atoms with Crippen molar-refractivity contribution in [2.24, 2.45) is 0 Å². The molecule has 0 amide bonds. The zero-order chi connectivity index (χ0) is 17.7. The molecule has 24 heavy (non-hydrogen) atoms. The summed E-state index contributed by atoms with van der Waals surface area (Å²) in [5, 5.41) is 17.4. The van der Waals surface area contributed by atoms with E-state index < -0.39 is 23.3 Å². The highest BCUT2D eigenvalue weighted by atomic mass is 19.1. The zero-order valence-electron chi connectivity index (χ0n) is 12.2. The predicted molar refractivity (Wildman–Crippen MR) is 83.0 cm³/mol. The molecule has 0 bridgehead atoms. The number of aliphatic hydroxyl groups is 1. The van der Waals surface area contributed by atoms with Crippen LogP contribution in [0, 0.1) is 5.82 Å². The van der Waals surface area contributed by atoms with Gasteiger partial charge in [0.2, 0.25) is 5.76 Å². The van der Waals surface area contributed by atoms with Gasteiger partial charge < -0.3 is 15.2 Å². The highest BCUT2D eigenvalue weighted by Crippen LogP contribution is 2.13. The Morgan fingerprint density at radius 2 is 1.71 bits per heavy atom. The SMILES string of the molecule is O=C(/C=C(\O)C(=O)O)/C=C/c1cc(C(=O)c2ccc(F)cc2)c[nH]1. The van der Waals surface area contributed by atoms with E-state index in [1.807, 2.05) is 0 Å². The van der Waals surface area contributed by atoms with E-state index in [-0.39, 0.29) is 5.78 Å². The van der Waals surface area contributed by atoms with Crippen molar-refractivity contribution in [2.45, 2.75) is 0 Å². The van der Waals surface area contributed by atoms with Gasteiger partial charge in [0, 0.05) is 29.1 Å². The van der Waals surface area contributed by atoms with Crippen molar-refractivity contribution >= 4 is 23.6 Å². The molecular weight excluding hydrogens is 317 g/mol. The van der Waals surface area contributed by atoms with Crippen molar-refractivity contribution in [3.63, 3.8) is 0 Å². The normalized spacial score (nSPS) is 11.6. The summed E-state index contributed by atoms with van der Waals surface area (Å²) in [4.78, 5) is 36.8. The number of halogens is 1. The fraction of sp³-hybridized carbons (Fsp3) is 0. The van der Waals surface area contributed by atoms with Crippen LogP contribution in [-0.2, 0) is 9.59 Å². The van der Waals surface area contributed by atoms with Crippen LogP contribution in [0.4, 0.5) is 4.39 Å². The highest BCUT2D eigenvalue weighted by molar-refractivity contribution is 6.09. The fourth-order valence-electron chi connectivity index (χ4n) is 1.82. The summed E-state index contributed by atoms with van der Waals surface area (Å²) in [5.41, 5.74) is 1.06. The van der Waals surface area contributed by atoms with Crippen molar-refractivity contribution in [3.05, 3.63) is 77.1 Å². The molecule has 0 saturated carbocycles. The maximum atomic E-state index is 12.9. The molecule has 1 heterocycles. The number of aliphatic carboxylic acids is 1. The summed E-state index contributed by atoms with van der Waals surface area (Å²) in [6.45, 7) is 0. The number of hydrogen-bond donors (Lipinski definition) is 3. The first-order valence-corrected chi connectivity index (χ1v) is 6.71. The number of aromatic amines is 1. The molecule has 0 aliphatic heterocycles. The van der Waals surface area contributed by atoms with Gasteiger partial charge >= 0.3 is 5.97 Å². The van der Waals surface area contributed by atoms with Crippen molar-refractivity contribution in [1.29, 1.82) is 0 Å². The number of rotatable bonds is 6. The van der Waals surface area contributed by atoms with E-state index in [4.69, 9.17) is 10.2 Å². The van der Waals surface area contributed by atoms with Crippen molar-refractivity contribution in [3.8, 4) is 0 Å². The smallest absolute Gasteiger partial charge is 0.371 e. The lowest BCUT2D eigenvalue weighted by Gasteiger charge is -1.97. The summed E-state index contributed by atoms with van der Waals surface area (Å²) < 4.78 is 12.9. The number of ketones is 2. The number of nitrogens with one attached hydrogen (secondary N) is 1. The van der Waals surface area contributed by atoms with Crippen LogP contribution >= 0.6 is 0 Å². The number of carbonyl (C=O) groups excluding carboxylic acids is 2. The van der Waals surface area contributed by atoms with E-state index >= 15 is 0 Å². The number of carboxylic acids is 1. The van der Waals surface area contributed by atoms with Gasteiger partial charge in [0.05, 0.1) is 0 Å². The number of aromatic nitrogens is 1. The highest BCUT2D eigenvalue weighted by Gasteiger charge is 2.11. The molecule has 0 aliphatic rings. The van der Waals surface area contributed by atoms with E-state index in [2.05, 4.69) is 4.98 Å². The maximum Gasteiger partial charge on any atom is 0.371 e. The molecule has 2 aromatic rings. The average molecular weight is 329 g/mol. The summed E-state index contributed by atoms with van der Waals surface area (Å²) in [7, 11) is 0. The van der Waals surface area contributed by atoms with Crippen LogP contribution < -0.4 is 0 Å². The van der Waals surface area contributed by atoms with Crippen molar-refractivity contribution in [1.82, 2.24) is 4.98 Å². The summed E-state index contributed by atoms with van der Waals surface area (Å²) in [5.74, 6) is -4.16. The van der Waals surface area contributed by atoms with E-state index in [1.165, 1.54) is 42.6 Å². The molecule has 1 aromatic heterocycles. The van der Waals surface area contributed by atoms with Crippen LogP contribution in [0.25, 0.3) is 6.08 Å². The molecule has 0 radical (unpaired) electrons. The Balaban J connectivity index is 2.10. The number of hydrogen-bond acceptors (Lipinski definition) is 4. The summed E-state index contributed by atoms with van der Waals surface area (Å²) >= 11 is 0. The number of carboxylic acid groups (broad SMARTS) is 1. The second kappa shape index (κ2) is 7.19. The van der Waals surface area contributed by atoms with Crippen LogP contribution in [0.1, 0.15) is 21.6 Å². The van der Waals surface area contributed by atoms with Gasteiger partial charge in [0.15, 0.2) is 11.6 Å². The van der Waals surface area contributed by atoms with Gasteiger partial charge in [0.1, 0.15) is 5.82 Å². The van der Waals surface area contributed by atoms with Crippen LogP contribution in [-0.4, -0.2) is 32.7 Å². The Labute approximate surface area is 135 Å². The molecule has 122 valence electrons. The third kappa shape index (κ3) is 4.26. The number of benzene rings is 1. The molecule has 0 fully saturated rings. The molecule has 0 saturated heterocycles. The minimum absolute atomic E-state index is 0.316. The molecule has 0 unspecified atom stereocenters. The molecule has 0 atom stereocenters. The Hall–Kier alpha value is -3.48. The number of allylic oxidation sites excluding steroid dienone is 2. The Morgan fingerprint density at radius 3 is 2.33 bits per heavy atom. The van der Waals surface area contributed by atoms with E-state index in [9.17, 15) is 18.8 Å². The molecule has 3 N–H and O–H groups in total. The molecule has 0 aliphatic carbocycles. The minimum Gasteiger partial charge on any atom is -0.502 e. The topological polar surface area (TPSA) is 107 Å². The standard InChI is InChI=1S/C17H12FNO5/c18-12-3-1-10(2-4-12)16(22)11-7-13(19-9-11)5-6-14(20)8-15(21)17(23)24/h1-9,19,21H,(H,23,24)/b6-5+,15-8-. The molecule has 0 spiro atoms. The van der Waals surface area contributed by atoms with Gasteiger partial charge in [-0.2, -0.15) is 0 Å². The third-order valence-corrected chi connectivity index (χ3v) is 3.00. The van der Waals surface area contributed by atoms with Crippen LogP contribution in [0.3, 0.4) is 0 Å². The largest absolute Gasteiger partial charge is 0.502 e. The zero-order valence-corrected chi connectivity index (χ0v) is 12.2. The molecule has 2 rings (SSSR count). The first-order valence-electron chi connectivity index (χ1n) is 6.71. The second-order valence-electron chi connectivity index (χ2n) is 4.75. The quantitative estimate of drug-likeness (QED) is 0.429. The van der Waals surface area contributed by atoms with Crippen molar-refractivity contribution in [2.75, 3.05) is 0 Å². The number of carbonyl (C=O) groups is 3. The maximum absolute atomic E-state index is 12.9. The van der Waals surface area contributed by atoms with Crippen LogP contribution in [0.5, 0.6) is 0 Å². The lowest BCUT2D eigenvalue weighted by atomic mass is 10.1. The molecular formula is C17H12FNO5. The lowest BCUT2D eigenvalue weighted by Crippen LogP contribution is -2.01. The van der Waals surface area contributed by atoms with Gasteiger partial charge in [-0.1, -0.05) is 0 Å². The fourth-order valence-corrected chi connectivity index (χ4v) is 1.82. The number of aliphatic hydroxyl groups excluding tert-OH is 1. The second-order valence-corrected chi connectivity index (χ2v) is 4.75. The van der Waals surface area contributed by atoms with Gasteiger partial charge in [-0.05, 0) is 42.5 Å². The minimum atomic E-state index is -1.61. The van der Waals surface area contributed by atoms with Gasteiger partial charge in [-0.3, -0.25) is 9.59 Å². The first-order chi connectivity index (χ1) is 11.4. The van der Waals surface area contributed by atoms with E-state index in [0.29, 0.717) is 22.9 Å². The third-order valence-electron chi connectivity index (χ3n) is 3.00. The van der Waals surface area contributed by atoms with Gasteiger partial charge in [-0.15, -0.1) is 0 Å². The van der Waals surface area contributed by atoms with Crippen molar-refractivity contribution < 1.29 is 29.0 Å². The lowest BCUT2D eigenvalue weighted by molar-refractivity contribution is -0.135. The molecule has 1 aromatic carbocycles. The Morgan fingerprint density at radius 1 is 1.04 bits per heavy atom. The van der Waals surface area contributed by atoms with E-state index in [1.54, 1.807) is 0 Å². The van der Waals surface area contributed by atoms with E-state index in [0.717, 1.165) is 6.08 Å². The van der Waals surface area contributed by atoms with Crippen LogP contribution in [0.15, 0.2) is 54.4 Å². The van der Waals surface area contributed by atoms with Crippen LogP contribution in [0.2, 0.25) is 0 Å². The summed E-state index contributed by atoms with van der Waals surface area (Å²) in [6, 6.07) is 6.57. The average Bonchev–Trinajstić information content (AvgIpc) is 3.02. The Bertz CT molecular complexity index is 846.